The number of para-hydroxylation sites is 1. The van der Waals surface area contributed by atoms with E-state index in [1.54, 1.807) is 0 Å². The van der Waals surface area contributed by atoms with Crippen molar-refractivity contribution in [3.05, 3.63) is 159 Å². The highest BCUT2D eigenvalue weighted by Crippen LogP contribution is 2.54. The first-order chi connectivity index (χ1) is 25.9. The van der Waals surface area contributed by atoms with Crippen molar-refractivity contribution in [2.24, 2.45) is 5.92 Å². The van der Waals surface area contributed by atoms with Crippen molar-refractivity contribution in [3.8, 4) is 18.2 Å². The molecule has 9 rings (SSSR count). The van der Waals surface area contributed by atoms with E-state index in [-0.39, 0.29) is 17.4 Å². The Kier molecular flexibility index (Phi) is 7.95. The minimum absolute atomic E-state index is 0.0310. The van der Waals surface area contributed by atoms with Crippen LogP contribution in [0.1, 0.15) is 91.4 Å². The molecular formula is C48H41N5. The lowest BCUT2D eigenvalue weighted by molar-refractivity contribution is 0.540. The van der Waals surface area contributed by atoms with Gasteiger partial charge in [0.15, 0.2) is 0 Å². The molecule has 4 unspecified atom stereocenters. The lowest BCUT2D eigenvalue weighted by Gasteiger charge is -2.39. The first kappa shape index (κ1) is 32.8. The predicted molar refractivity (Wildman–Crippen MR) is 213 cm³/mol. The highest BCUT2D eigenvalue weighted by Gasteiger charge is 2.47. The minimum atomic E-state index is -0.355. The Morgan fingerprint density at radius 2 is 1.74 bits per heavy atom. The van der Waals surface area contributed by atoms with Crippen molar-refractivity contribution in [1.82, 2.24) is 4.57 Å². The van der Waals surface area contributed by atoms with Crippen LogP contribution in [0.4, 0.5) is 11.4 Å². The van der Waals surface area contributed by atoms with Gasteiger partial charge in [-0.1, -0.05) is 85.9 Å². The quantitative estimate of drug-likeness (QED) is 0.273. The number of fused-ring (bicyclic) bond motifs is 6. The van der Waals surface area contributed by atoms with E-state index in [1.807, 2.05) is 6.08 Å². The molecule has 0 radical (unpaired) electrons. The minimum Gasteiger partial charge on any atom is -0.331 e. The maximum atomic E-state index is 10.4. The molecule has 0 bridgehead atoms. The number of anilines is 2. The predicted octanol–water partition coefficient (Wildman–Crippen LogP) is 11.1. The van der Waals surface area contributed by atoms with Crippen molar-refractivity contribution in [1.29, 1.82) is 15.8 Å². The standard InChI is InChI=1S/C48H41N5/c1-31-9-8-12-39-38-10-4-3-5-13-44(38)52(47(31)39)45-22-15-32(28-49)25-42(45)35-16-17-36(30-51)41(27-35)34-18-20-37(21-19-34)53-46-14-7-6-11-40(46)43-26-33(29-50)23-24-48(43,53)2/h3-7,10-11,14,17-21,23-27,31,35,43H,8-9,12-13,15-16,22H2,1-2H3. The van der Waals surface area contributed by atoms with Crippen LogP contribution in [0.25, 0.3) is 17.3 Å². The summed E-state index contributed by atoms with van der Waals surface area (Å²) in [6.07, 6.45) is 28.3. The zero-order valence-corrected chi connectivity index (χ0v) is 30.3. The topological polar surface area (TPSA) is 79.5 Å². The highest BCUT2D eigenvalue weighted by atomic mass is 15.2. The molecule has 6 aliphatic rings. The average molecular weight is 688 g/mol. The maximum absolute atomic E-state index is 10.4. The molecule has 0 fully saturated rings. The van der Waals surface area contributed by atoms with Gasteiger partial charge < -0.3 is 9.47 Å². The zero-order valence-electron chi connectivity index (χ0n) is 30.3. The van der Waals surface area contributed by atoms with Crippen molar-refractivity contribution < 1.29 is 0 Å². The first-order valence-electron chi connectivity index (χ1n) is 19.0. The second kappa shape index (κ2) is 12.8. The molecule has 5 aliphatic carbocycles. The van der Waals surface area contributed by atoms with Gasteiger partial charge >= 0.3 is 0 Å². The molecule has 5 heteroatoms. The second-order valence-electron chi connectivity index (χ2n) is 15.4. The number of hydrogen-bond donors (Lipinski definition) is 0. The summed E-state index contributed by atoms with van der Waals surface area (Å²) in [6.45, 7) is 4.62. The van der Waals surface area contributed by atoms with Crippen molar-refractivity contribution in [2.75, 3.05) is 4.90 Å². The number of rotatable bonds is 4. The van der Waals surface area contributed by atoms with Gasteiger partial charge in [-0.15, -0.1) is 0 Å². The molecular weight excluding hydrogens is 647 g/mol. The molecule has 0 saturated heterocycles. The molecule has 0 saturated carbocycles. The van der Waals surface area contributed by atoms with Crippen molar-refractivity contribution in [2.45, 2.75) is 76.2 Å². The van der Waals surface area contributed by atoms with Crippen LogP contribution < -0.4 is 4.90 Å². The van der Waals surface area contributed by atoms with Crippen LogP contribution in [0.3, 0.4) is 0 Å². The van der Waals surface area contributed by atoms with E-state index in [0.717, 1.165) is 53.8 Å². The summed E-state index contributed by atoms with van der Waals surface area (Å²) in [5.74, 6) is 0.560. The fourth-order valence-electron chi connectivity index (χ4n) is 9.89. The Bertz CT molecular complexity index is 2450. The van der Waals surface area contributed by atoms with Crippen LogP contribution in [0, 0.1) is 39.9 Å². The number of benzene rings is 2. The Labute approximate surface area is 312 Å². The molecule has 53 heavy (non-hydrogen) atoms. The summed E-state index contributed by atoms with van der Waals surface area (Å²) >= 11 is 0. The van der Waals surface area contributed by atoms with Gasteiger partial charge in [0.1, 0.15) is 0 Å². The normalized spacial score (nSPS) is 25.3. The summed E-state index contributed by atoms with van der Waals surface area (Å²) in [5.41, 5.74) is 15.4. The third-order valence-corrected chi connectivity index (χ3v) is 12.4. The van der Waals surface area contributed by atoms with Crippen molar-refractivity contribution >= 4 is 28.7 Å². The number of nitriles is 3. The number of hydrogen-bond acceptors (Lipinski definition) is 4. The third-order valence-electron chi connectivity index (χ3n) is 12.4. The maximum Gasteiger partial charge on any atom is 0.0994 e. The second-order valence-corrected chi connectivity index (χ2v) is 15.4. The van der Waals surface area contributed by atoms with Crippen LogP contribution in [0.2, 0.25) is 0 Å². The van der Waals surface area contributed by atoms with E-state index in [9.17, 15) is 15.8 Å². The van der Waals surface area contributed by atoms with Crippen LogP contribution in [0.15, 0.2) is 126 Å². The van der Waals surface area contributed by atoms with E-state index in [4.69, 9.17) is 0 Å². The van der Waals surface area contributed by atoms with Crippen LogP contribution in [-0.2, 0) is 12.8 Å². The average Bonchev–Trinajstić information content (AvgIpc) is 3.51. The van der Waals surface area contributed by atoms with Gasteiger partial charge in [0.05, 0.1) is 29.3 Å². The summed E-state index contributed by atoms with van der Waals surface area (Å²) in [7, 11) is 0. The Balaban J connectivity index is 1.14. The molecule has 0 spiro atoms. The van der Waals surface area contributed by atoms with E-state index in [1.165, 1.54) is 52.2 Å². The molecule has 3 aromatic rings. The van der Waals surface area contributed by atoms with E-state index >= 15 is 0 Å². The van der Waals surface area contributed by atoms with Crippen LogP contribution in [-0.4, -0.2) is 10.1 Å². The molecule has 1 aliphatic heterocycles. The highest BCUT2D eigenvalue weighted by molar-refractivity contribution is 5.86. The molecule has 2 aromatic carbocycles. The molecule has 0 amide bonds. The number of allylic oxidation sites excluding steroid dienone is 13. The Morgan fingerprint density at radius 1 is 0.887 bits per heavy atom. The molecule has 0 N–H and O–H groups in total. The van der Waals surface area contributed by atoms with E-state index < -0.39 is 0 Å². The molecule has 1 aromatic heterocycles. The molecule has 258 valence electrons. The summed E-state index contributed by atoms with van der Waals surface area (Å²) in [6, 6.07) is 24.4. The van der Waals surface area contributed by atoms with Gasteiger partial charge in [-0.2, -0.15) is 15.8 Å². The molecule has 2 heterocycles. The third kappa shape index (κ3) is 5.17. The molecule has 5 nitrogen and oxygen atoms in total. The number of aromatic nitrogens is 1. The largest absolute Gasteiger partial charge is 0.331 e. The van der Waals surface area contributed by atoms with Gasteiger partial charge in [0.25, 0.3) is 0 Å². The van der Waals surface area contributed by atoms with Gasteiger partial charge in [-0.3, -0.25) is 0 Å². The van der Waals surface area contributed by atoms with Gasteiger partial charge in [-0.25, -0.2) is 0 Å². The SMILES string of the molecule is CC1CCCc2c3c(n(C4=C(C5C=C(c6ccc(N7c8ccccc8C8C=C(C#N)C=CC87C)cc6)C(C#N)=CC5)C=C(C#N)CC4)c21)CC=CC=C3. The van der Waals surface area contributed by atoms with Crippen LogP contribution >= 0.6 is 0 Å². The van der Waals surface area contributed by atoms with Gasteiger partial charge in [0.2, 0.25) is 0 Å². The zero-order chi connectivity index (χ0) is 36.3. The monoisotopic (exact) mass is 687 g/mol. The smallest absolute Gasteiger partial charge is 0.0994 e. The lowest BCUT2D eigenvalue weighted by atomic mass is 9.78. The summed E-state index contributed by atoms with van der Waals surface area (Å²) < 4.78 is 2.61. The summed E-state index contributed by atoms with van der Waals surface area (Å²) in [4.78, 5) is 2.39. The molecule has 4 atom stereocenters. The first-order valence-corrected chi connectivity index (χ1v) is 19.0. The number of nitrogens with zero attached hydrogens (tertiary/aromatic N) is 5. The van der Waals surface area contributed by atoms with E-state index in [2.05, 4.69) is 145 Å². The Hall–Kier alpha value is -6.09. The Morgan fingerprint density at radius 3 is 2.55 bits per heavy atom. The lowest BCUT2D eigenvalue weighted by Crippen LogP contribution is -2.42. The fourth-order valence-corrected chi connectivity index (χ4v) is 9.89. The van der Waals surface area contributed by atoms with Gasteiger partial charge in [-0.05, 0) is 115 Å². The van der Waals surface area contributed by atoms with E-state index in [0.29, 0.717) is 23.5 Å². The van der Waals surface area contributed by atoms with Gasteiger partial charge in [0, 0.05) is 57.9 Å². The van der Waals surface area contributed by atoms with Crippen LogP contribution in [0.5, 0.6) is 0 Å². The van der Waals surface area contributed by atoms with Crippen molar-refractivity contribution in [3.63, 3.8) is 0 Å². The fraction of sp³-hybridized carbons (Fsp3) is 0.271. The summed E-state index contributed by atoms with van der Waals surface area (Å²) in [5, 5.41) is 30.2.